The number of aromatic nitrogens is 5. The van der Waals surface area contributed by atoms with E-state index in [2.05, 4.69) is 25.2 Å². The average molecular weight is 286 g/mol. The molecule has 2 heterocycles. The summed E-state index contributed by atoms with van der Waals surface area (Å²) in [5.74, 6) is -0.324. The SMILES string of the molecule is O=C(Nc1cnns1)c1cn(Cc2ccccc2)nn1. The summed E-state index contributed by atoms with van der Waals surface area (Å²) in [5, 5.41) is 14.7. The Morgan fingerprint density at radius 3 is 2.90 bits per heavy atom. The van der Waals surface area contributed by atoms with Crippen LogP contribution in [0.25, 0.3) is 0 Å². The second kappa shape index (κ2) is 5.57. The Kier molecular flexibility index (Phi) is 3.46. The van der Waals surface area contributed by atoms with Crippen LogP contribution in [0.1, 0.15) is 16.1 Å². The Balaban J connectivity index is 1.69. The van der Waals surface area contributed by atoms with Gasteiger partial charge in [-0.2, -0.15) is 0 Å². The zero-order valence-electron chi connectivity index (χ0n) is 10.3. The maximum absolute atomic E-state index is 11.9. The summed E-state index contributed by atoms with van der Waals surface area (Å²) in [6.07, 6.45) is 3.09. The molecule has 1 aromatic carbocycles. The molecule has 0 spiro atoms. The van der Waals surface area contributed by atoms with Gasteiger partial charge in [0.05, 0.1) is 18.9 Å². The Labute approximate surface area is 118 Å². The highest BCUT2D eigenvalue weighted by atomic mass is 32.1. The van der Waals surface area contributed by atoms with E-state index in [0.29, 0.717) is 11.5 Å². The number of carbonyl (C=O) groups is 1. The van der Waals surface area contributed by atoms with E-state index in [9.17, 15) is 4.79 Å². The normalized spacial score (nSPS) is 10.4. The summed E-state index contributed by atoms with van der Waals surface area (Å²) < 4.78 is 5.29. The third kappa shape index (κ3) is 2.86. The second-order valence-electron chi connectivity index (χ2n) is 4.02. The maximum Gasteiger partial charge on any atom is 0.278 e. The maximum atomic E-state index is 11.9. The lowest BCUT2D eigenvalue weighted by molar-refractivity contribution is 0.102. The van der Waals surface area contributed by atoms with E-state index in [-0.39, 0.29) is 11.6 Å². The van der Waals surface area contributed by atoms with Crippen LogP contribution in [-0.2, 0) is 6.54 Å². The van der Waals surface area contributed by atoms with E-state index in [1.165, 1.54) is 6.20 Å². The first-order valence-electron chi connectivity index (χ1n) is 5.84. The van der Waals surface area contributed by atoms with E-state index < -0.39 is 0 Å². The molecule has 0 saturated carbocycles. The van der Waals surface area contributed by atoms with Gasteiger partial charge < -0.3 is 5.32 Å². The van der Waals surface area contributed by atoms with Gasteiger partial charge in [-0.3, -0.25) is 4.79 Å². The molecule has 8 heteroatoms. The molecule has 3 aromatic rings. The van der Waals surface area contributed by atoms with Gasteiger partial charge in [-0.1, -0.05) is 40.0 Å². The van der Waals surface area contributed by atoms with Crippen molar-refractivity contribution >= 4 is 22.4 Å². The Bertz CT molecular complexity index is 694. The van der Waals surface area contributed by atoms with Crippen LogP contribution < -0.4 is 5.32 Å². The molecule has 1 N–H and O–H groups in total. The summed E-state index contributed by atoms with van der Waals surface area (Å²) >= 11 is 1.11. The van der Waals surface area contributed by atoms with E-state index in [4.69, 9.17) is 0 Å². The van der Waals surface area contributed by atoms with Crippen LogP contribution in [0.3, 0.4) is 0 Å². The number of amides is 1. The summed E-state index contributed by atoms with van der Waals surface area (Å²) in [5.41, 5.74) is 1.35. The highest BCUT2D eigenvalue weighted by Crippen LogP contribution is 2.10. The average Bonchev–Trinajstić information content (AvgIpc) is 3.11. The molecule has 0 atom stereocenters. The fourth-order valence-electron chi connectivity index (χ4n) is 1.65. The predicted octanol–water partition coefficient (Wildman–Crippen LogP) is 1.43. The highest BCUT2D eigenvalue weighted by Gasteiger charge is 2.12. The smallest absolute Gasteiger partial charge is 0.278 e. The minimum atomic E-state index is -0.324. The first-order valence-corrected chi connectivity index (χ1v) is 6.61. The van der Waals surface area contributed by atoms with Crippen molar-refractivity contribution < 1.29 is 4.79 Å². The standard InChI is InChI=1S/C12H10N6OS/c19-12(14-11-6-13-17-20-11)10-8-18(16-15-10)7-9-4-2-1-3-5-9/h1-6,8H,7H2,(H,14,19). The molecule has 1 amide bonds. The molecule has 0 aliphatic carbocycles. The molecule has 0 unspecified atom stereocenters. The molecule has 0 aliphatic rings. The second-order valence-corrected chi connectivity index (χ2v) is 4.81. The van der Waals surface area contributed by atoms with Gasteiger partial charge in [0.15, 0.2) is 5.69 Å². The van der Waals surface area contributed by atoms with Crippen molar-refractivity contribution in [2.24, 2.45) is 0 Å². The van der Waals surface area contributed by atoms with E-state index in [1.807, 2.05) is 30.3 Å². The van der Waals surface area contributed by atoms with Crippen molar-refractivity contribution in [1.82, 2.24) is 24.6 Å². The van der Waals surface area contributed by atoms with Crippen molar-refractivity contribution in [2.75, 3.05) is 5.32 Å². The van der Waals surface area contributed by atoms with E-state index >= 15 is 0 Å². The first-order chi connectivity index (χ1) is 9.81. The Hall–Kier alpha value is -2.61. The predicted molar refractivity (Wildman–Crippen MR) is 73.4 cm³/mol. The lowest BCUT2D eigenvalue weighted by Crippen LogP contribution is -2.11. The van der Waals surface area contributed by atoms with Crippen LogP contribution in [-0.4, -0.2) is 30.5 Å². The zero-order valence-corrected chi connectivity index (χ0v) is 11.1. The minimum Gasteiger partial charge on any atom is -0.309 e. The van der Waals surface area contributed by atoms with Crippen LogP contribution in [0.15, 0.2) is 42.7 Å². The number of hydrogen-bond donors (Lipinski definition) is 1. The van der Waals surface area contributed by atoms with Gasteiger partial charge in [0, 0.05) is 11.5 Å². The van der Waals surface area contributed by atoms with Gasteiger partial charge in [-0.25, -0.2) is 4.68 Å². The number of nitrogens with zero attached hydrogens (tertiary/aromatic N) is 5. The topological polar surface area (TPSA) is 85.6 Å². The lowest BCUT2D eigenvalue weighted by atomic mass is 10.2. The molecule has 100 valence electrons. The van der Waals surface area contributed by atoms with Crippen LogP contribution in [0.2, 0.25) is 0 Å². The highest BCUT2D eigenvalue weighted by molar-refractivity contribution is 7.10. The molecule has 0 saturated heterocycles. The summed E-state index contributed by atoms with van der Waals surface area (Å²) in [7, 11) is 0. The number of benzene rings is 1. The van der Waals surface area contributed by atoms with Gasteiger partial charge in [-0.05, 0) is 5.56 Å². The molecule has 3 rings (SSSR count). The summed E-state index contributed by atoms with van der Waals surface area (Å²) in [6.45, 7) is 0.573. The Morgan fingerprint density at radius 2 is 2.15 bits per heavy atom. The first kappa shape index (κ1) is 12.4. The molecule has 20 heavy (non-hydrogen) atoms. The van der Waals surface area contributed by atoms with Gasteiger partial charge >= 0.3 is 0 Å². The fourth-order valence-corrected chi connectivity index (χ4v) is 2.06. The van der Waals surface area contributed by atoms with Gasteiger partial charge in [0.1, 0.15) is 5.00 Å². The van der Waals surface area contributed by atoms with Crippen LogP contribution in [0.4, 0.5) is 5.00 Å². The van der Waals surface area contributed by atoms with Crippen molar-refractivity contribution in [2.45, 2.75) is 6.54 Å². The van der Waals surface area contributed by atoms with Crippen molar-refractivity contribution in [3.8, 4) is 0 Å². The molecule has 0 bridgehead atoms. The van der Waals surface area contributed by atoms with Crippen LogP contribution in [0.5, 0.6) is 0 Å². The van der Waals surface area contributed by atoms with Crippen molar-refractivity contribution in [1.29, 1.82) is 0 Å². The van der Waals surface area contributed by atoms with E-state index in [0.717, 1.165) is 17.1 Å². The fraction of sp³-hybridized carbons (Fsp3) is 0.0833. The van der Waals surface area contributed by atoms with Crippen molar-refractivity contribution in [3.63, 3.8) is 0 Å². The number of anilines is 1. The van der Waals surface area contributed by atoms with Gasteiger partial charge in [0.2, 0.25) is 0 Å². The van der Waals surface area contributed by atoms with E-state index in [1.54, 1.807) is 10.9 Å². The summed E-state index contributed by atoms with van der Waals surface area (Å²) in [6, 6.07) is 9.84. The molecule has 0 radical (unpaired) electrons. The van der Waals surface area contributed by atoms with Crippen LogP contribution >= 0.6 is 11.5 Å². The lowest BCUT2D eigenvalue weighted by Gasteiger charge is -1.99. The van der Waals surface area contributed by atoms with Crippen molar-refractivity contribution in [3.05, 3.63) is 54.0 Å². The number of carbonyl (C=O) groups excluding carboxylic acids is 1. The monoisotopic (exact) mass is 286 g/mol. The zero-order chi connectivity index (χ0) is 13.8. The van der Waals surface area contributed by atoms with Gasteiger partial charge in [0.25, 0.3) is 5.91 Å². The molecular weight excluding hydrogens is 276 g/mol. The largest absolute Gasteiger partial charge is 0.309 e. The molecule has 2 aromatic heterocycles. The minimum absolute atomic E-state index is 0.259. The van der Waals surface area contributed by atoms with Crippen LogP contribution in [0, 0.1) is 0 Å². The third-order valence-electron chi connectivity index (χ3n) is 2.56. The Morgan fingerprint density at radius 1 is 1.30 bits per heavy atom. The molecule has 0 aliphatic heterocycles. The number of nitrogens with one attached hydrogen (secondary N) is 1. The summed E-state index contributed by atoms with van der Waals surface area (Å²) in [4.78, 5) is 11.9. The van der Waals surface area contributed by atoms with Gasteiger partial charge in [-0.15, -0.1) is 10.2 Å². The number of rotatable bonds is 4. The molecular formula is C12H10N6OS. The quantitative estimate of drug-likeness (QED) is 0.784. The molecule has 7 nitrogen and oxygen atoms in total. The third-order valence-corrected chi connectivity index (χ3v) is 3.14. The molecule has 0 fully saturated rings. The number of hydrogen-bond acceptors (Lipinski definition) is 6.